The number of hydrogen-bond acceptors (Lipinski definition) is 8. The molecule has 0 unspecified atom stereocenters. The fraction of sp³-hybridized carbons (Fsp3) is 0.464. The van der Waals surface area contributed by atoms with E-state index in [4.69, 9.17) is 27.6 Å². The van der Waals surface area contributed by atoms with Gasteiger partial charge in [0.15, 0.2) is 5.82 Å². The van der Waals surface area contributed by atoms with Gasteiger partial charge in [0.1, 0.15) is 23.8 Å². The summed E-state index contributed by atoms with van der Waals surface area (Å²) in [4.78, 5) is 33.3. The van der Waals surface area contributed by atoms with Gasteiger partial charge in [-0.2, -0.15) is 27.9 Å². The molecule has 2 fully saturated rings. The van der Waals surface area contributed by atoms with Crippen molar-refractivity contribution < 1.29 is 31.9 Å². The van der Waals surface area contributed by atoms with Crippen LogP contribution in [0.4, 0.5) is 29.2 Å². The number of anilines is 2. The number of nitrogen functional groups attached to an aromatic ring is 1. The van der Waals surface area contributed by atoms with Crippen LogP contribution in [-0.2, 0) is 11.0 Å². The van der Waals surface area contributed by atoms with Gasteiger partial charge < -0.3 is 30.7 Å². The molecule has 2 atom stereocenters. The van der Waals surface area contributed by atoms with E-state index in [2.05, 4.69) is 24.6 Å². The summed E-state index contributed by atoms with van der Waals surface area (Å²) in [6, 6.07) is 1.93. The monoisotopic (exact) mass is 635 g/mol. The molecule has 2 aromatic heterocycles. The van der Waals surface area contributed by atoms with Gasteiger partial charge in [0.25, 0.3) is 0 Å². The van der Waals surface area contributed by atoms with Crippen molar-refractivity contribution in [2.24, 2.45) is 0 Å². The number of nitrogens with zero attached hydrogens (tertiary/aromatic N) is 8. The third-order valence-electron chi connectivity index (χ3n) is 8.05. The number of aryl methyl sites for hydroxylation is 1. The van der Waals surface area contributed by atoms with Crippen molar-refractivity contribution in [3.05, 3.63) is 39.6 Å². The predicted octanol–water partition coefficient (Wildman–Crippen LogP) is 4.20. The fourth-order valence-corrected chi connectivity index (χ4v) is 6.14. The summed E-state index contributed by atoms with van der Waals surface area (Å²) in [5.74, 6) is -1.62. The average molecular weight is 636 g/mol. The quantitative estimate of drug-likeness (QED) is 0.184. The van der Waals surface area contributed by atoms with Gasteiger partial charge in [-0.1, -0.05) is 11.6 Å². The van der Waals surface area contributed by atoms with Gasteiger partial charge in [-0.05, 0) is 58.0 Å². The van der Waals surface area contributed by atoms with Crippen molar-refractivity contribution >= 4 is 46.3 Å². The van der Waals surface area contributed by atoms with E-state index < -0.39 is 34.7 Å². The first-order valence-corrected chi connectivity index (χ1v) is 14.3. The second-order valence-electron chi connectivity index (χ2n) is 11.0. The van der Waals surface area contributed by atoms with Crippen LogP contribution in [-0.4, -0.2) is 93.6 Å². The molecule has 0 radical (unpaired) electrons. The number of carbonyl (C=O) groups excluding carboxylic acids is 1. The number of piperazine rings is 1. The molecule has 0 spiro atoms. The number of halogens is 5. The number of aromatic nitrogens is 3. The van der Waals surface area contributed by atoms with E-state index >= 15 is 4.39 Å². The summed E-state index contributed by atoms with van der Waals surface area (Å²) in [5, 5.41) is -0.205. The van der Waals surface area contributed by atoms with Crippen LogP contribution in [0.3, 0.4) is 0 Å². The van der Waals surface area contributed by atoms with Gasteiger partial charge in [0.05, 0.1) is 21.8 Å². The van der Waals surface area contributed by atoms with E-state index in [-0.39, 0.29) is 77.5 Å². The van der Waals surface area contributed by atoms with E-state index in [1.54, 1.807) is 0 Å². The molecule has 2 aliphatic heterocycles. The Balaban J connectivity index is 1.67. The molecule has 1 aromatic carbocycles. The van der Waals surface area contributed by atoms with Crippen LogP contribution in [0, 0.1) is 12.7 Å². The summed E-state index contributed by atoms with van der Waals surface area (Å²) >= 11 is 6.53. The number of pyridine rings is 1. The molecule has 0 saturated carbocycles. The number of hydrogen-bond donors (Lipinski definition) is 1. The first-order valence-electron chi connectivity index (χ1n) is 13.9. The number of likely N-dealkylation sites (N-methyl/N-ethyl adjacent to an activating group) is 1. The second-order valence-corrected chi connectivity index (χ2v) is 11.4. The zero-order valence-electron chi connectivity index (χ0n) is 24.2. The number of ether oxygens (including phenoxy) is 1. The first kappa shape index (κ1) is 31.4. The van der Waals surface area contributed by atoms with Crippen molar-refractivity contribution in [2.45, 2.75) is 44.9 Å². The van der Waals surface area contributed by atoms with Crippen LogP contribution in [0.2, 0.25) is 5.02 Å². The van der Waals surface area contributed by atoms with Crippen LogP contribution in [0.15, 0.2) is 12.1 Å². The standard InChI is InChI=1S/C28H30ClF4N9O2/c1-14-9-19(34)37-25(22(14)28(31,32)33)21-18(29)10-17-24(23(21)30)38-27(44-13-16-5-4-6-40(16)3)39-26(17)42-8-7-41(12-15(42)2)20(43)11-36-35/h9-11,15-16H,4-8,12-13H2,1-3H3,(H2,34,37)/t15-,16-/m0/s1. The molecule has 4 heterocycles. The van der Waals surface area contributed by atoms with E-state index in [0.717, 1.165) is 31.7 Å². The lowest BCUT2D eigenvalue weighted by Crippen LogP contribution is -2.54. The zero-order valence-corrected chi connectivity index (χ0v) is 25.0. The third kappa shape index (κ3) is 5.99. The minimum Gasteiger partial charge on any atom is -0.462 e. The Morgan fingerprint density at radius 2 is 2.00 bits per heavy atom. The number of likely N-dealkylation sites (tertiary alicyclic amines) is 1. The normalized spacial score (nSPS) is 19.4. The van der Waals surface area contributed by atoms with Crippen molar-refractivity contribution in [1.29, 1.82) is 0 Å². The summed E-state index contributed by atoms with van der Waals surface area (Å²) in [7, 11) is 1.96. The molecule has 2 saturated heterocycles. The van der Waals surface area contributed by atoms with E-state index in [9.17, 15) is 18.0 Å². The van der Waals surface area contributed by atoms with Crippen molar-refractivity contribution in [3.63, 3.8) is 0 Å². The molecular formula is C28H30ClF4N9O2. The molecule has 11 nitrogen and oxygen atoms in total. The number of rotatable bonds is 6. The Bertz CT molecular complexity index is 1660. The summed E-state index contributed by atoms with van der Waals surface area (Å²) in [5.41, 5.74) is 11.5. The van der Waals surface area contributed by atoms with Crippen molar-refractivity contribution in [3.8, 4) is 17.3 Å². The van der Waals surface area contributed by atoms with Gasteiger partial charge in [-0.15, -0.1) is 0 Å². The summed E-state index contributed by atoms with van der Waals surface area (Å²) in [6.07, 6.45) is -2.21. The number of alkyl halides is 3. The van der Waals surface area contributed by atoms with Crippen molar-refractivity contribution in [2.75, 3.05) is 50.5 Å². The average Bonchev–Trinajstić information content (AvgIpc) is 3.35. The van der Waals surface area contributed by atoms with Gasteiger partial charge >= 0.3 is 24.3 Å². The van der Waals surface area contributed by atoms with Gasteiger partial charge in [0, 0.05) is 37.1 Å². The largest absolute Gasteiger partial charge is 0.462 e. The second kappa shape index (κ2) is 12.1. The number of amides is 1. The van der Waals surface area contributed by atoms with E-state index in [1.807, 2.05) is 18.9 Å². The number of fused-ring (bicyclic) bond motifs is 1. The zero-order chi connectivity index (χ0) is 31.9. The molecular weight excluding hydrogens is 606 g/mol. The van der Waals surface area contributed by atoms with E-state index in [1.165, 1.54) is 17.9 Å². The smallest absolute Gasteiger partial charge is 0.418 e. The number of nitrogens with two attached hydrogens (primary N) is 1. The van der Waals surface area contributed by atoms with Crippen LogP contribution < -0.4 is 15.4 Å². The lowest BCUT2D eigenvalue weighted by Gasteiger charge is -2.40. The molecule has 1 amide bonds. The Kier molecular flexibility index (Phi) is 8.65. The fourth-order valence-electron chi connectivity index (χ4n) is 5.86. The van der Waals surface area contributed by atoms with Gasteiger partial charge in [-0.3, -0.25) is 4.79 Å². The van der Waals surface area contributed by atoms with Crippen LogP contribution in [0.5, 0.6) is 6.01 Å². The molecule has 5 rings (SSSR count). The van der Waals surface area contributed by atoms with Gasteiger partial charge in [-0.25, -0.2) is 9.37 Å². The minimum atomic E-state index is -4.88. The maximum Gasteiger partial charge on any atom is 0.418 e. The molecule has 0 bridgehead atoms. The molecule has 2 aliphatic rings. The highest BCUT2D eigenvalue weighted by atomic mass is 35.5. The summed E-state index contributed by atoms with van der Waals surface area (Å²) in [6.45, 7) is 4.83. The van der Waals surface area contributed by atoms with Crippen LogP contribution >= 0.6 is 11.6 Å². The molecule has 44 heavy (non-hydrogen) atoms. The number of carbonyl (C=O) groups is 1. The van der Waals surface area contributed by atoms with Crippen molar-refractivity contribution in [1.82, 2.24) is 24.8 Å². The Morgan fingerprint density at radius 1 is 1.25 bits per heavy atom. The maximum absolute atomic E-state index is 16.5. The van der Waals surface area contributed by atoms with Crippen LogP contribution in [0.25, 0.3) is 27.7 Å². The molecule has 234 valence electrons. The number of benzene rings is 1. The lowest BCUT2D eigenvalue weighted by molar-refractivity contribution is -0.137. The highest BCUT2D eigenvalue weighted by Crippen LogP contribution is 2.44. The molecule has 2 N–H and O–H groups in total. The van der Waals surface area contributed by atoms with E-state index in [0.29, 0.717) is 0 Å². The minimum absolute atomic E-state index is 0.0823. The molecule has 3 aromatic rings. The Hall–Kier alpha value is -4.07. The lowest BCUT2D eigenvalue weighted by atomic mass is 9.99. The highest BCUT2D eigenvalue weighted by Gasteiger charge is 2.39. The SMILES string of the molecule is Cc1cc(N)nc(-c2c(Cl)cc3c(N4CCN(C(=O)C=[N+]=[N-])C[C@@H]4C)nc(OC[C@@H]4CCCN4C)nc3c2F)c1C(F)(F)F. The van der Waals surface area contributed by atoms with Crippen LogP contribution in [0.1, 0.15) is 30.9 Å². The Morgan fingerprint density at radius 3 is 2.64 bits per heavy atom. The Labute approximate surface area is 255 Å². The van der Waals surface area contributed by atoms with Gasteiger partial charge in [0.2, 0.25) is 0 Å². The highest BCUT2D eigenvalue weighted by molar-refractivity contribution is 6.34. The first-order chi connectivity index (χ1) is 20.8. The maximum atomic E-state index is 16.5. The predicted molar refractivity (Wildman–Crippen MR) is 156 cm³/mol. The third-order valence-corrected chi connectivity index (χ3v) is 8.35. The summed E-state index contributed by atoms with van der Waals surface area (Å²) < 4.78 is 65.0. The molecule has 0 aliphatic carbocycles. The molecule has 16 heteroatoms. The topological polar surface area (TPSA) is 137 Å².